The molecule has 16 heavy (non-hydrogen) atoms. The van der Waals surface area contributed by atoms with Crippen molar-refractivity contribution in [3.05, 3.63) is 33.1 Å². The van der Waals surface area contributed by atoms with Gasteiger partial charge in [0.05, 0.1) is 13.2 Å². The highest BCUT2D eigenvalue weighted by Crippen LogP contribution is 2.15. The lowest BCUT2D eigenvalue weighted by atomic mass is 10.5. The summed E-state index contributed by atoms with van der Waals surface area (Å²) in [4.78, 5) is 22.5. The van der Waals surface area contributed by atoms with Gasteiger partial charge in [0.15, 0.2) is 0 Å². The predicted octanol–water partition coefficient (Wildman–Crippen LogP) is 0.0834. The maximum absolute atomic E-state index is 11.6. The molecule has 0 saturated carbocycles. The summed E-state index contributed by atoms with van der Waals surface area (Å²) in [5.74, 6) is 0. The number of alkyl halides is 3. The fourth-order valence-electron chi connectivity index (χ4n) is 1.07. The first kappa shape index (κ1) is 12.5. The molecule has 0 aromatic carbocycles. The van der Waals surface area contributed by atoms with Crippen molar-refractivity contribution in [3.63, 3.8) is 0 Å². The Morgan fingerprint density at radius 3 is 2.56 bits per heavy atom. The van der Waals surface area contributed by atoms with Crippen molar-refractivity contribution in [3.8, 4) is 0 Å². The van der Waals surface area contributed by atoms with Crippen LogP contribution in [0.5, 0.6) is 0 Å². The largest absolute Gasteiger partial charge is 0.522 e. The van der Waals surface area contributed by atoms with E-state index in [4.69, 9.17) is 0 Å². The SMILES string of the molecule is Cn1ccc(=O)n(CCOC(F)(F)F)c1=O. The summed E-state index contributed by atoms with van der Waals surface area (Å²) in [6, 6.07) is 1.09. The van der Waals surface area contributed by atoms with Gasteiger partial charge in [-0.05, 0) is 0 Å². The van der Waals surface area contributed by atoms with Gasteiger partial charge < -0.3 is 4.57 Å². The van der Waals surface area contributed by atoms with Crippen LogP contribution in [0.1, 0.15) is 0 Å². The molecule has 0 fully saturated rings. The van der Waals surface area contributed by atoms with Crippen molar-refractivity contribution in [2.45, 2.75) is 12.9 Å². The van der Waals surface area contributed by atoms with Gasteiger partial charge in [0.2, 0.25) is 0 Å². The van der Waals surface area contributed by atoms with Crippen molar-refractivity contribution in [1.82, 2.24) is 9.13 Å². The average Bonchev–Trinajstić information content (AvgIpc) is 2.16. The van der Waals surface area contributed by atoms with Gasteiger partial charge in [-0.25, -0.2) is 4.79 Å². The first-order chi connectivity index (χ1) is 7.31. The minimum absolute atomic E-state index is 0.439. The zero-order chi connectivity index (χ0) is 12.3. The third-order valence-electron chi connectivity index (χ3n) is 1.82. The molecule has 1 heterocycles. The predicted molar refractivity (Wildman–Crippen MR) is 48.0 cm³/mol. The Kier molecular flexibility index (Phi) is 3.53. The lowest BCUT2D eigenvalue weighted by molar-refractivity contribution is -0.325. The molecule has 0 atom stereocenters. The number of hydrogen-bond donors (Lipinski definition) is 0. The second-order valence-corrected chi connectivity index (χ2v) is 2.99. The van der Waals surface area contributed by atoms with Gasteiger partial charge in [-0.15, -0.1) is 13.2 Å². The first-order valence-electron chi connectivity index (χ1n) is 4.28. The van der Waals surface area contributed by atoms with Crippen molar-refractivity contribution in [2.24, 2.45) is 7.05 Å². The van der Waals surface area contributed by atoms with Gasteiger partial charge in [-0.2, -0.15) is 0 Å². The molecule has 0 aliphatic rings. The van der Waals surface area contributed by atoms with E-state index in [2.05, 4.69) is 4.74 Å². The van der Waals surface area contributed by atoms with E-state index in [9.17, 15) is 22.8 Å². The third-order valence-corrected chi connectivity index (χ3v) is 1.82. The quantitative estimate of drug-likeness (QED) is 0.749. The summed E-state index contributed by atoms with van der Waals surface area (Å²) in [5.41, 5.74) is -1.34. The lowest BCUT2D eigenvalue weighted by Crippen LogP contribution is -2.39. The summed E-state index contributed by atoms with van der Waals surface area (Å²) in [6.45, 7) is -1.21. The normalized spacial score (nSPS) is 11.8. The molecule has 0 aliphatic carbocycles. The zero-order valence-corrected chi connectivity index (χ0v) is 8.32. The maximum atomic E-state index is 11.6. The fraction of sp³-hybridized carbons (Fsp3) is 0.500. The van der Waals surface area contributed by atoms with Crippen molar-refractivity contribution in [1.29, 1.82) is 0 Å². The topological polar surface area (TPSA) is 53.2 Å². The van der Waals surface area contributed by atoms with Gasteiger partial charge >= 0.3 is 12.1 Å². The molecule has 0 amide bonds. The Bertz CT molecular complexity index is 475. The molecular formula is C8H9F3N2O3. The van der Waals surface area contributed by atoms with Gasteiger partial charge in [-0.1, -0.05) is 0 Å². The Balaban J connectivity index is 2.79. The van der Waals surface area contributed by atoms with Crippen molar-refractivity contribution < 1.29 is 17.9 Å². The van der Waals surface area contributed by atoms with Gasteiger partial charge in [0.25, 0.3) is 5.56 Å². The van der Waals surface area contributed by atoms with E-state index in [1.165, 1.54) is 13.2 Å². The Morgan fingerprint density at radius 1 is 1.38 bits per heavy atom. The number of aromatic nitrogens is 2. The number of hydrogen-bond acceptors (Lipinski definition) is 3. The molecular weight excluding hydrogens is 229 g/mol. The van der Waals surface area contributed by atoms with Crippen LogP contribution in [0.25, 0.3) is 0 Å². The van der Waals surface area contributed by atoms with Crippen LogP contribution in [-0.4, -0.2) is 22.1 Å². The molecule has 8 heteroatoms. The summed E-state index contributed by atoms with van der Waals surface area (Å²) < 4.78 is 40.2. The molecule has 1 rings (SSSR count). The minimum Gasteiger partial charge on any atom is -0.303 e. The summed E-state index contributed by atoms with van der Waals surface area (Å²) in [5, 5.41) is 0. The van der Waals surface area contributed by atoms with Crippen LogP contribution < -0.4 is 11.2 Å². The number of halogens is 3. The first-order valence-corrected chi connectivity index (χ1v) is 4.28. The third kappa shape index (κ3) is 3.23. The summed E-state index contributed by atoms with van der Waals surface area (Å²) in [6.07, 6.45) is -3.52. The highest BCUT2D eigenvalue weighted by Gasteiger charge is 2.28. The minimum atomic E-state index is -4.76. The second kappa shape index (κ2) is 4.52. The van der Waals surface area contributed by atoms with Crippen LogP contribution in [0.3, 0.4) is 0 Å². The average molecular weight is 238 g/mol. The van der Waals surface area contributed by atoms with Gasteiger partial charge in [-0.3, -0.25) is 14.1 Å². The lowest BCUT2D eigenvalue weighted by Gasteiger charge is -2.08. The summed E-state index contributed by atoms with van der Waals surface area (Å²) in [7, 11) is 1.39. The van der Waals surface area contributed by atoms with Crippen LogP contribution >= 0.6 is 0 Å². The van der Waals surface area contributed by atoms with Crippen LogP contribution in [0.15, 0.2) is 21.9 Å². The number of ether oxygens (including phenoxy) is 1. The standard InChI is InChI=1S/C8H9F3N2O3/c1-12-3-2-6(14)13(7(12)15)4-5-16-8(9,10)11/h2-3H,4-5H2,1H3. The van der Waals surface area contributed by atoms with Crippen molar-refractivity contribution in [2.75, 3.05) is 6.61 Å². The maximum Gasteiger partial charge on any atom is 0.522 e. The number of aryl methyl sites for hydroxylation is 1. The van der Waals surface area contributed by atoms with Crippen LogP contribution in [-0.2, 0) is 18.3 Å². The Morgan fingerprint density at radius 2 is 2.00 bits per heavy atom. The zero-order valence-electron chi connectivity index (χ0n) is 8.32. The van der Waals surface area contributed by atoms with Crippen LogP contribution in [0, 0.1) is 0 Å². The van der Waals surface area contributed by atoms with E-state index < -0.39 is 30.8 Å². The van der Waals surface area contributed by atoms with Crippen LogP contribution in [0.4, 0.5) is 13.2 Å². The van der Waals surface area contributed by atoms with E-state index in [1.54, 1.807) is 0 Å². The molecule has 1 aromatic rings. The van der Waals surface area contributed by atoms with E-state index in [-0.39, 0.29) is 0 Å². The smallest absolute Gasteiger partial charge is 0.303 e. The Hall–Kier alpha value is -1.57. The highest BCUT2D eigenvalue weighted by atomic mass is 19.4. The van der Waals surface area contributed by atoms with E-state index >= 15 is 0 Å². The van der Waals surface area contributed by atoms with E-state index in [0.29, 0.717) is 4.57 Å². The monoisotopic (exact) mass is 238 g/mol. The molecule has 0 saturated heterocycles. The number of nitrogens with zero attached hydrogens (tertiary/aromatic N) is 2. The molecule has 0 bridgehead atoms. The van der Waals surface area contributed by atoms with E-state index in [0.717, 1.165) is 10.6 Å². The van der Waals surface area contributed by atoms with Crippen LogP contribution in [0.2, 0.25) is 0 Å². The highest BCUT2D eigenvalue weighted by molar-refractivity contribution is 4.85. The van der Waals surface area contributed by atoms with Crippen molar-refractivity contribution >= 4 is 0 Å². The summed E-state index contributed by atoms with van der Waals surface area (Å²) >= 11 is 0. The second-order valence-electron chi connectivity index (χ2n) is 2.99. The molecule has 0 radical (unpaired) electrons. The molecule has 5 nitrogen and oxygen atoms in total. The van der Waals surface area contributed by atoms with Gasteiger partial charge in [0, 0.05) is 19.3 Å². The molecule has 0 aliphatic heterocycles. The Labute approximate surface area is 87.7 Å². The fourth-order valence-corrected chi connectivity index (χ4v) is 1.07. The molecule has 0 spiro atoms. The number of rotatable bonds is 3. The molecule has 1 aromatic heterocycles. The molecule has 0 N–H and O–H groups in total. The molecule has 90 valence electrons. The van der Waals surface area contributed by atoms with Gasteiger partial charge in [0.1, 0.15) is 0 Å². The molecule has 0 unspecified atom stereocenters. The van der Waals surface area contributed by atoms with E-state index in [1.807, 2.05) is 0 Å².